The van der Waals surface area contributed by atoms with Gasteiger partial charge in [-0.1, -0.05) is 49.4 Å². The van der Waals surface area contributed by atoms with E-state index in [1.54, 1.807) is 24.3 Å². The minimum atomic E-state index is -3.49. The van der Waals surface area contributed by atoms with Crippen molar-refractivity contribution in [2.45, 2.75) is 36.3 Å². The molecule has 0 radical (unpaired) electrons. The molecule has 0 spiro atoms. The van der Waals surface area contributed by atoms with Crippen LogP contribution in [0, 0.1) is 5.41 Å². The molecule has 1 aliphatic carbocycles. The maximum absolute atomic E-state index is 13.3. The fraction of sp³-hybridized carbons (Fsp3) is 0.429. The van der Waals surface area contributed by atoms with Gasteiger partial charge < -0.3 is 10.5 Å². The normalized spacial score (nSPS) is 25.2. The lowest BCUT2D eigenvalue weighted by Crippen LogP contribution is -2.29. The maximum Gasteiger partial charge on any atom is 0.182 e. The molecule has 3 rings (SSSR count). The van der Waals surface area contributed by atoms with Crippen LogP contribution < -0.4 is 5.73 Å². The van der Waals surface area contributed by atoms with Gasteiger partial charge in [0.2, 0.25) is 0 Å². The molecule has 0 bridgehead atoms. The quantitative estimate of drug-likeness (QED) is 0.772. The third-order valence-electron chi connectivity index (χ3n) is 5.49. The summed E-state index contributed by atoms with van der Waals surface area (Å²) in [6.07, 6.45) is 0.956. The molecule has 1 aliphatic rings. The second-order valence-corrected chi connectivity index (χ2v) is 9.00. The second kappa shape index (κ2) is 7.51. The minimum Gasteiger partial charge on any atom is -0.381 e. The van der Waals surface area contributed by atoms with E-state index >= 15 is 0 Å². The van der Waals surface area contributed by atoms with E-state index in [4.69, 9.17) is 10.5 Å². The summed E-state index contributed by atoms with van der Waals surface area (Å²) in [5.74, 6) is -0.143. The highest BCUT2D eigenvalue weighted by atomic mass is 32.2. The topological polar surface area (TPSA) is 69.4 Å². The Bertz CT molecular complexity index is 833. The standard InChI is InChI=1S/C21H27NO3S/c1-3-16-10-12-17(13-11-16)19-20(21(19,14-22)15-25-4-2)26(23,24)18-8-6-5-7-9-18/h5-13,19-20H,3-4,14-15,22H2,1-2H3/t19-,20-,21-/m1/s1. The predicted molar refractivity (Wildman–Crippen MR) is 104 cm³/mol. The monoisotopic (exact) mass is 373 g/mol. The lowest BCUT2D eigenvalue weighted by Gasteiger charge is -2.16. The highest BCUT2D eigenvalue weighted by molar-refractivity contribution is 7.92. The van der Waals surface area contributed by atoms with Crippen LogP contribution in [0.5, 0.6) is 0 Å². The van der Waals surface area contributed by atoms with Gasteiger partial charge in [0.1, 0.15) is 0 Å². The molecule has 0 unspecified atom stereocenters. The molecule has 2 aromatic rings. The molecule has 0 saturated heterocycles. The Kier molecular flexibility index (Phi) is 5.51. The summed E-state index contributed by atoms with van der Waals surface area (Å²) in [7, 11) is -3.49. The number of aryl methyl sites for hydroxylation is 1. The van der Waals surface area contributed by atoms with Crippen LogP contribution in [0.3, 0.4) is 0 Å². The summed E-state index contributed by atoms with van der Waals surface area (Å²) in [5, 5.41) is -0.554. The number of benzene rings is 2. The lowest BCUT2D eigenvalue weighted by atomic mass is 9.99. The summed E-state index contributed by atoms with van der Waals surface area (Å²) < 4.78 is 32.3. The van der Waals surface area contributed by atoms with Crippen molar-refractivity contribution < 1.29 is 13.2 Å². The first-order chi connectivity index (χ1) is 12.5. The SMILES string of the molecule is CCOC[C@]1(CN)[C@H](c2ccc(CC)cc2)[C@H]1S(=O)(=O)c1ccccc1. The van der Waals surface area contributed by atoms with E-state index in [2.05, 4.69) is 19.1 Å². The number of ether oxygens (including phenoxy) is 1. The molecule has 140 valence electrons. The van der Waals surface area contributed by atoms with Crippen molar-refractivity contribution >= 4 is 9.84 Å². The van der Waals surface area contributed by atoms with E-state index in [0.717, 1.165) is 12.0 Å². The van der Waals surface area contributed by atoms with Gasteiger partial charge in [0.05, 0.1) is 16.8 Å². The fourth-order valence-corrected chi connectivity index (χ4v) is 6.40. The molecular formula is C21H27NO3S. The fourth-order valence-electron chi connectivity index (χ4n) is 3.93. The Hall–Kier alpha value is -1.69. The Morgan fingerprint density at radius 1 is 1.04 bits per heavy atom. The third-order valence-corrected chi connectivity index (χ3v) is 7.83. The van der Waals surface area contributed by atoms with Crippen LogP contribution in [0.25, 0.3) is 0 Å². The Labute approximate surface area is 156 Å². The molecule has 0 aliphatic heterocycles. The van der Waals surface area contributed by atoms with Gasteiger partial charge in [-0.2, -0.15) is 0 Å². The zero-order chi connectivity index (χ0) is 18.8. The number of nitrogens with two attached hydrogens (primary N) is 1. The summed E-state index contributed by atoms with van der Waals surface area (Å²) in [4.78, 5) is 0.354. The summed E-state index contributed by atoms with van der Waals surface area (Å²) in [5.41, 5.74) is 7.80. The van der Waals surface area contributed by atoms with Gasteiger partial charge in [-0.25, -0.2) is 8.42 Å². The van der Waals surface area contributed by atoms with Crippen LogP contribution in [0.15, 0.2) is 59.5 Å². The highest BCUT2D eigenvalue weighted by Gasteiger charge is 2.70. The maximum atomic E-state index is 13.3. The van der Waals surface area contributed by atoms with Gasteiger partial charge in [0.15, 0.2) is 9.84 Å². The zero-order valence-corrected chi connectivity index (χ0v) is 16.2. The lowest BCUT2D eigenvalue weighted by molar-refractivity contribution is 0.101. The van der Waals surface area contributed by atoms with Gasteiger partial charge in [0.25, 0.3) is 0 Å². The van der Waals surface area contributed by atoms with Crippen molar-refractivity contribution in [1.82, 2.24) is 0 Å². The van der Waals surface area contributed by atoms with E-state index in [-0.39, 0.29) is 12.5 Å². The summed E-state index contributed by atoms with van der Waals surface area (Å²) in [6, 6.07) is 16.9. The molecule has 0 aromatic heterocycles. The molecule has 0 amide bonds. The first-order valence-electron chi connectivity index (χ1n) is 9.17. The van der Waals surface area contributed by atoms with Gasteiger partial charge in [-0.15, -0.1) is 0 Å². The Morgan fingerprint density at radius 3 is 2.23 bits per heavy atom. The molecule has 1 saturated carbocycles. The van der Waals surface area contributed by atoms with Crippen molar-refractivity contribution in [1.29, 1.82) is 0 Å². The van der Waals surface area contributed by atoms with E-state index in [0.29, 0.717) is 18.1 Å². The van der Waals surface area contributed by atoms with E-state index in [9.17, 15) is 8.42 Å². The third kappa shape index (κ3) is 3.20. The van der Waals surface area contributed by atoms with Gasteiger partial charge in [-0.05, 0) is 36.6 Å². The Balaban J connectivity index is 2.02. The predicted octanol–water partition coefficient (Wildman–Crippen LogP) is 3.17. The minimum absolute atomic E-state index is 0.143. The molecule has 1 fully saturated rings. The summed E-state index contributed by atoms with van der Waals surface area (Å²) >= 11 is 0. The zero-order valence-electron chi connectivity index (χ0n) is 15.4. The van der Waals surface area contributed by atoms with E-state index < -0.39 is 20.5 Å². The molecule has 2 aromatic carbocycles. The van der Waals surface area contributed by atoms with Crippen molar-refractivity contribution in [3.63, 3.8) is 0 Å². The molecule has 3 atom stereocenters. The van der Waals surface area contributed by atoms with Gasteiger partial charge in [-0.3, -0.25) is 0 Å². The molecular weight excluding hydrogens is 346 g/mol. The largest absolute Gasteiger partial charge is 0.381 e. The van der Waals surface area contributed by atoms with Crippen molar-refractivity contribution in [2.75, 3.05) is 19.8 Å². The van der Waals surface area contributed by atoms with E-state index in [1.165, 1.54) is 5.56 Å². The smallest absolute Gasteiger partial charge is 0.182 e. The van der Waals surface area contributed by atoms with Crippen LogP contribution in [0.2, 0.25) is 0 Å². The molecule has 5 heteroatoms. The molecule has 0 heterocycles. The number of rotatable bonds is 8. The van der Waals surface area contributed by atoms with Crippen LogP contribution in [0.4, 0.5) is 0 Å². The van der Waals surface area contributed by atoms with Crippen LogP contribution >= 0.6 is 0 Å². The van der Waals surface area contributed by atoms with Crippen molar-refractivity contribution in [3.05, 3.63) is 65.7 Å². The average molecular weight is 374 g/mol. The number of hydrogen-bond donors (Lipinski definition) is 1. The average Bonchev–Trinajstić information content (AvgIpc) is 3.37. The Morgan fingerprint density at radius 2 is 1.69 bits per heavy atom. The molecule has 4 nitrogen and oxygen atoms in total. The summed E-state index contributed by atoms with van der Waals surface area (Å²) in [6.45, 7) is 5.20. The van der Waals surface area contributed by atoms with Crippen molar-refractivity contribution in [3.8, 4) is 0 Å². The van der Waals surface area contributed by atoms with Gasteiger partial charge >= 0.3 is 0 Å². The molecule has 2 N–H and O–H groups in total. The molecule has 26 heavy (non-hydrogen) atoms. The highest BCUT2D eigenvalue weighted by Crippen LogP contribution is 2.63. The van der Waals surface area contributed by atoms with Crippen LogP contribution in [-0.2, 0) is 21.0 Å². The number of sulfone groups is 1. The van der Waals surface area contributed by atoms with Crippen LogP contribution in [-0.4, -0.2) is 33.4 Å². The first-order valence-corrected chi connectivity index (χ1v) is 10.7. The first kappa shape index (κ1) is 19.1. The van der Waals surface area contributed by atoms with Gasteiger partial charge in [0, 0.05) is 24.5 Å². The van der Waals surface area contributed by atoms with Crippen LogP contribution in [0.1, 0.15) is 30.9 Å². The van der Waals surface area contributed by atoms with Crippen molar-refractivity contribution in [2.24, 2.45) is 11.1 Å². The second-order valence-electron chi connectivity index (χ2n) is 6.93. The number of hydrogen-bond acceptors (Lipinski definition) is 4. The van der Waals surface area contributed by atoms with E-state index in [1.807, 2.05) is 25.1 Å².